The van der Waals surface area contributed by atoms with Gasteiger partial charge in [0.15, 0.2) is 0 Å². The van der Waals surface area contributed by atoms with Crippen LogP contribution in [0.1, 0.15) is 25.0 Å². The van der Waals surface area contributed by atoms with Crippen LogP contribution in [0.2, 0.25) is 0 Å². The first-order valence-corrected chi connectivity index (χ1v) is 19.1. The van der Waals surface area contributed by atoms with Gasteiger partial charge < -0.3 is 9.32 Å². The summed E-state index contributed by atoms with van der Waals surface area (Å²) in [6, 6.07) is 68.5. The minimum absolute atomic E-state index is 0.119. The fourth-order valence-corrected chi connectivity index (χ4v) is 9.20. The van der Waals surface area contributed by atoms with E-state index in [1.165, 1.54) is 55.1 Å². The fraction of sp³-hybridized carbons (Fsp3) is 0.0566. The normalized spacial score (nSPS) is 13.1. The zero-order valence-corrected chi connectivity index (χ0v) is 30.8. The molecule has 0 N–H and O–H groups in total. The van der Waals surface area contributed by atoms with E-state index < -0.39 is 0 Å². The second-order valence-corrected chi connectivity index (χ2v) is 15.3. The molecule has 0 atom stereocenters. The summed E-state index contributed by atoms with van der Waals surface area (Å²) in [7, 11) is 0. The first-order chi connectivity index (χ1) is 27.0. The standard InChI is InChI=1S/C53H37NO/c1-53(2)48-22-8-5-16-42(48)43-30-29-37(33-49(43)53)54(50-23-9-6-17-44(50)40-20-11-14-34-13-3-4-15-38(34)40)36-27-25-35(26-28-36)39-19-12-21-46-41(39)31-32-47-45-18-7-10-24-51(45)55-52(46)47/h3-33H,1-2H3. The summed E-state index contributed by atoms with van der Waals surface area (Å²) in [5.74, 6) is 0. The third-order valence-corrected chi connectivity index (χ3v) is 11.9. The van der Waals surface area contributed by atoms with Crippen LogP contribution in [-0.2, 0) is 5.41 Å². The summed E-state index contributed by atoms with van der Waals surface area (Å²) in [6.45, 7) is 4.71. The molecular weight excluding hydrogens is 667 g/mol. The fourth-order valence-electron chi connectivity index (χ4n) is 9.20. The number of fused-ring (bicyclic) bond motifs is 9. The highest BCUT2D eigenvalue weighted by molar-refractivity contribution is 6.17. The Balaban J connectivity index is 1.09. The lowest BCUT2D eigenvalue weighted by atomic mass is 9.82. The molecule has 1 aliphatic carbocycles. The van der Waals surface area contributed by atoms with E-state index in [0.29, 0.717) is 0 Å². The van der Waals surface area contributed by atoms with Crippen molar-refractivity contribution in [3.05, 3.63) is 199 Å². The zero-order valence-electron chi connectivity index (χ0n) is 30.8. The highest BCUT2D eigenvalue weighted by Crippen LogP contribution is 2.51. The lowest BCUT2D eigenvalue weighted by Crippen LogP contribution is -2.16. The molecule has 1 aliphatic rings. The summed E-state index contributed by atoms with van der Waals surface area (Å²) in [6.07, 6.45) is 0. The van der Waals surface area contributed by atoms with Gasteiger partial charge in [0.1, 0.15) is 11.2 Å². The molecule has 0 spiro atoms. The van der Waals surface area contributed by atoms with Crippen LogP contribution in [0.3, 0.4) is 0 Å². The minimum atomic E-state index is -0.119. The number of anilines is 3. The number of benzene rings is 9. The van der Waals surface area contributed by atoms with Crippen molar-refractivity contribution in [2.75, 3.05) is 4.90 Å². The van der Waals surface area contributed by atoms with Gasteiger partial charge >= 0.3 is 0 Å². The summed E-state index contributed by atoms with van der Waals surface area (Å²) in [4.78, 5) is 2.45. The van der Waals surface area contributed by atoms with Gasteiger partial charge in [-0.15, -0.1) is 0 Å². The molecule has 2 nitrogen and oxygen atoms in total. The van der Waals surface area contributed by atoms with Crippen LogP contribution >= 0.6 is 0 Å². The number of rotatable bonds is 5. The first-order valence-electron chi connectivity index (χ1n) is 19.1. The van der Waals surface area contributed by atoms with Gasteiger partial charge in [-0.05, 0) is 97.6 Å². The Hall–Kier alpha value is -6.90. The third-order valence-electron chi connectivity index (χ3n) is 11.9. The molecular formula is C53H37NO. The van der Waals surface area contributed by atoms with Crippen molar-refractivity contribution in [2.45, 2.75) is 19.3 Å². The molecule has 9 aromatic carbocycles. The molecule has 260 valence electrons. The zero-order chi connectivity index (χ0) is 36.7. The van der Waals surface area contributed by atoms with E-state index in [0.717, 1.165) is 50.0 Å². The van der Waals surface area contributed by atoms with Crippen molar-refractivity contribution in [3.63, 3.8) is 0 Å². The molecule has 0 saturated carbocycles. The molecule has 55 heavy (non-hydrogen) atoms. The molecule has 1 aromatic heterocycles. The van der Waals surface area contributed by atoms with Gasteiger partial charge in [0.25, 0.3) is 0 Å². The van der Waals surface area contributed by atoms with Gasteiger partial charge in [-0.1, -0.05) is 159 Å². The maximum Gasteiger partial charge on any atom is 0.143 e. The number of para-hydroxylation sites is 2. The number of hydrogen-bond donors (Lipinski definition) is 0. The molecule has 0 amide bonds. The molecule has 1 heterocycles. The van der Waals surface area contributed by atoms with Gasteiger partial charge in [0.05, 0.1) is 5.69 Å². The lowest BCUT2D eigenvalue weighted by molar-refractivity contribution is 0.660. The van der Waals surface area contributed by atoms with E-state index in [1.807, 2.05) is 6.07 Å². The van der Waals surface area contributed by atoms with Crippen LogP contribution < -0.4 is 4.90 Å². The Morgan fingerprint density at radius 2 is 1.00 bits per heavy atom. The third kappa shape index (κ3) is 4.81. The first kappa shape index (κ1) is 31.6. The van der Waals surface area contributed by atoms with Crippen LogP contribution in [-0.4, -0.2) is 0 Å². The average Bonchev–Trinajstić information content (AvgIpc) is 3.73. The largest absolute Gasteiger partial charge is 0.455 e. The van der Waals surface area contributed by atoms with Crippen LogP contribution in [0.15, 0.2) is 192 Å². The predicted molar refractivity (Wildman–Crippen MR) is 232 cm³/mol. The number of hydrogen-bond acceptors (Lipinski definition) is 2. The summed E-state index contributed by atoms with van der Waals surface area (Å²) < 4.78 is 6.44. The molecule has 0 radical (unpaired) electrons. The Morgan fingerprint density at radius 3 is 1.89 bits per heavy atom. The van der Waals surface area contributed by atoms with Crippen molar-refractivity contribution in [1.82, 2.24) is 0 Å². The van der Waals surface area contributed by atoms with E-state index in [-0.39, 0.29) is 5.41 Å². The Bertz CT molecular complexity index is 3120. The second kappa shape index (κ2) is 12.1. The van der Waals surface area contributed by atoms with Crippen LogP contribution in [0, 0.1) is 0 Å². The molecule has 0 bridgehead atoms. The molecule has 11 rings (SSSR count). The number of furan rings is 1. The van der Waals surface area contributed by atoms with Crippen LogP contribution in [0.25, 0.3) is 76.9 Å². The Morgan fingerprint density at radius 1 is 0.400 bits per heavy atom. The van der Waals surface area contributed by atoms with Gasteiger partial charge in [-0.25, -0.2) is 0 Å². The monoisotopic (exact) mass is 703 g/mol. The molecule has 0 aliphatic heterocycles. The summed E-state index contributed by atoms with van der Waals surface area (Å²) >= 11 is 0. The Labute approximate surface area is 320 Å². The van der Waals surface area contributed by atoms with Crippen LogP contribution in [0.5, 0.6) is 0 Å². The molecule has 10 aromatic rings. The summed E-state index contributed by atoms with van der Waals surface area (Å²) in [5, 5.41) is 7.09. The van der Waals surface area contributed by atoms with Gasteiger partial charge in [-0.3, -0.25) is 0 Å². The maximum absolute atomic E-state index is 6.44. The molecule has 0 saturated heterocycles. The van der Waals surface area contributed by atoms with E-state index in [9.17, 15) is 0 Å². The maximum atomic E-state index is 6.44. The summed E-state index contributed by atoms with van der Waals surface area (Å²) in [5.41, 5.74) is 15.2. The molecule has 2 heteroatoms. The van der Waals surface area contributed by atoms with Crippen molar-refractivity contribution in [3.8, 4) is 33.4 Å². The minimum Gasteiger partial charge on any atom is -0.455 e. The number of nitrogens with zero attached hydrogens (tertiary/aromatic N) is 1. The van der Waals surface area contributed by atoms with Crippen molar-refractivity contribution < 1.29 is 4.42 Å². The highest BCUT2D eigenvalue weighted by atomic mass is 16.3. The SMILES string of the molecule is CC1(C)c2ccccc2-c2ccc(N(c3ccc(-c4cccc5c4ccc4c6ccccc6oc54)cc3)c3ccccc3-c3cccc4ccccc34)cc21. The lowest BCUT2D eigenvalue weighted by Gasteiger charge is -2.30. The van der Waals surface area contributed by atoms with Gasteiger partial charge in [0.2, 0.25) is 0 Å². The Kier molecular flexibility index (Phi) is 6.93. The van der Waals surface area contributed by atoms with Crippen LogP contribution in [0.4, 0.5) is 17.1 Å². The van der Waals surface area contributed by atoms with Crippen molar-refractivity contribution >= 4 is 60.5 Å². The van der Waals surface area contributed by atoms with E-state index in [4.69, 9.17) is 4.42 Å². The van der Waals surface area contributed by atoms with Crippen molar-refractivity contribution in [1.29, 1.82) is 0 Å². The quantitative estimate of drug-likeness (QED) is 0.177. The van der Waals surface area contributed by atoms with E-state index in [2.05, 4.69) is 201 Å². The van der Waals surface area contributed by atoms with E-state index in [1.54, 1.807) is 0 Å². The van der Waals surface area contributed by atoms with Crippen molar-refractivity contribution in [2.24, 2.45) is 0 Å². The highest BCUT2D eigenvalue weighted by Gasteiger charge is 2.36. The average molecular weight is 704 g/mol. The molecule has 0 fully saturated rings. The topological polar surface area (TPSA) is 16.4 Å². The predicted octanol–water partition coefficient (Wildman–Crippen LogP) is 15.0. The molecule has 0 unspecified atom stereocenters. The van der Waals surface area contributed by atoms with Gasteiger partial charge in [0, 0.05) is 38.5 Å². The second-order valence-electron chi connectivity index (χ2n) is 15.3. The van der Waals surface area contributed by atoms with Gasteiger partial charge in [-0.2, -0.15) is 0 Å². The van der Waals surface area contributed by atoms with E-state index >= 15 is 0 Å². The smallest absolute Gasteiger partial charge is 0.143 e.